The molecule has 0 bridgehead atoms. The monoisotopic (exact) mass is 384 g/mol. The van der Waals surface area contributed by atoms with Crippen molar-refractivity contribution in [1.29, 1.82) is 0 Å². The van der Waals surface area contributed by atoms with Crippen molar-refractivity contribution in [2.75, 3.05) is 11.9 Å². The molecule has 0 atom stereocenters. The molecule has 3 aromatic rings. The van der Waals surface area contributed by atoms with Crippen molar-refractivity contribution < 1.29 is 9.53 Å². The first-order valence-electron chi connectivity index (χ1n) is 8.60. The van der Waals surface area contributed by atoms with Gasteiger partial charge in [-0.25, -0.2) is 9.48 Å². The highest BCUT2D eigenvalue weighted by molar-refractivity contribution is 7.13. The molecule has 0 aromatic carbocycles. The molecule has 140 valence electrons. The zero-order valence-electron chi connectivity index (χ0n) is 15.4. The molecule has 0 aliphatic heterocycles. The molecule has 3 rings (SSSR count). The number of hydrogen-bond acceptors (Lipinski definition) is 7. The molecule has 27 heavy (non-hydrogen) atoms. The number of nitrogens with zero attached hydrogens (tertiary/aromatic N) is 3. The summed E-state index contributed by atoms with van der Waals surface area (Å²) < 4.78 is 6.56. The van der Waals surface area contributed by atoms with Crippen LogP contribution < -0.4 is 10.9 Å². The molecule has 0 radical (unpaired) electrons. The van der Waals surface area contributed by atoms with Gasteiger partial charge in [0.25, 0.3) is 5.56 Å². The lowest BCUT2D eigenvalue weighted by Gasteiger charge is -2.16. The van der Waals surface area contributed by atoms with Gasteiger partial charge in [-0.2, -0.15) is 5.10 Å². The van der Waals surface area contributed by atoms with Gasteiger partial charge in [-0.05, 0) is 43.8 Å². The van der Waals surface area contributed by atoms with E-state index in [1.54, 1.807) is 19.3 Å². The minimum atomic E-state index is -0.585. The second kappa shape index (κ2) is 8.13. The Hall–Kier alpha value is -3.00. The number of carbonyl (C=O) groups excluding carboxylic acids is 1. The number of anilines is 2. The van der Waals surface area contributed by atoms with Crippen molar-refractivity contribution in [3.05, 3.63) is 57.5 Å². The van der Waals surface area contributed by atoms with E-state index in [1.165, 1.54) is 16.0 Å². The molecule has 0 unspecified atom stereocenters. The standard InChI is InChI=1S/C19H20N4O3S/c1-4-23-18(24)17(21-13-11-20-9-8-12(13)3)15(19(25)26-5-2)16(22-23)14-7-6-10-27-14/h6-11,21H,4-5H2,1-3H3. The normalized spacial score (nSPS) is 10.6. The van der Waals surface area contributed by atoms with Crippen molar-refractivity contribution in [1.82, 2.24) is 14.8 Å². The molecule has 3 heterocycles. The lowest BCUT2D eigenvalue weighted by molar-refractivity contribution is 0.0527. The summed E-state index contributed by atoms with van der Waals surface area (Å²) in [6, 6.07) is 5.56. The van der Waals surface area contributed by atoms with Crippen LogP contribution in [0, 0.1) is 6.92 Å². The molecule has 0 saturated carbocycles. The van der Waals surface area contributed by atoms with E-state index in [1.807, 2.05) is 37.4 Å². The maximum Gasteiger partial charge on any atom is 0.342 e. The van der Waals surface area contributed by atoms with E-state index in [0.717, 1.165) is 10.4 Å². The molecule has 0 aliphatic rings. The third-order valence-corrected chi connectivity index (χ3v) is 4.86. The summed E-state index contributed by atoms with van der Waals surface area (Å²) in [5.41, 5.74) is 1.86. The molecule has 3 aromatic heterocycles. The fraction of sp³-hybridized carbons (Fsp3) is 0.263. The molecular formula is C19H20N4O3S. The predicted octanol–water partition coefficient (Wildman–Crippen LogP) is 3.62. The fourth-order valence-electron chi connectivity index (χ4n) is 2.62. The van der Waals surface area contributed by atoms with E-state index in [-0.39, 0.29) is 23.4 Å². The largest absolute Gasteiger partial charge is 0.462 e. The molecule has 7 nitrogen and oxygen atoms in total. The molecule has 1 N–H and O–H groups in total. The third kappa shape index (κ3) is 3.75. The van der Waals surface area contributed by atoms with Crippen LogP contribution in [-0.2, 0) is 11.3 Å². The van der Waals surface area contributed by atoms with Gasteiger partial charge in [0.05, 0.1) is 23.4 Å². The first-order valence-corrected chi connectivity index (χ1v) is 9.48. The molecular weight excluding hydrogens is 364 g/mol. The molecule has 0 amide bonds. The maximum atomic E-state index is 13.0. The van der Waals surface area contributed by atoms with Gasteiger partial charge < -0.3 is 10.1 Å². The maximum absolute atomic E-state index is 13.0. The van der Waals surface area contributed by atoms with E-state index >= 15 is 0 Å². The summed E-state index contributed by atoms with van der Waals surface area (Å²) in [4.78, 5) is 30.6. The van der Waals surface area contributed by atoms with Gasteiger partial charge in [-0.3, -0.25) is 9.78 Å². The lowest BCUT2D eigenvalue weighted by atomic mass is 10.1. The van der Waals surface area contributed by atoms with Crippen molar-refractivity contribution >= 4 is 28.7 Å². The summed E-state index contributed by atoms with van der Waals surface area (Å²) in [6.45, 7) is 6.03. The molecule has 0 aliphatic carbocycles. The van der Waals surface area contributed by atoms with Crippen LogP contribution in [0.25, 0.3) is 10.6 Å². The number of hydrogen-bond donors (Lipinski definition) is 1. The van der Waals surface area contributed by atoms with Crippen LogP contribution in [-0.4, -0.2) is 27.3 Å². The molecule has 0 saturated heterocycles. The van der Waals surface area contributed by atoms with Gasteiger partial charge in [-0.15, -0.1) is 11.3 Å². The van der Waals surface area contributed by atoms with Crippen molar-refractivity contribution in [3.63, 3.8) is 0 Å². The molecule has 8 heteroatoms. The smallest absolute Gasteiger partial charge is 0.342 e. The minimum Gasteiger partial charge on any atom is -0.462 e. The first kappa shape index (κ1) is 18.8. The van der Waals surface area contributed by atoms with Crippen LogP contribution in [0.4, 0.5) is 11.4 Å². The molecule has 0 fully saturated rings. The number of aromatic nitrogens is 3. The first-order chi connectivity index (χ1) is 13.1. The number of rotatable bonds is 6. The van der Waals surface area contributed by atoms with Crippen LogP contribution >= 0.6 is 11.3 Å². The average molecular weight is 384 g/mol. The van der Waals surface area contributed by atoms with Gasteiger partial charge in [0.2, 0.25) is 0 Å². The molecule has 0 spiro atoms. The number of esters is 1. The number of nitrogens with one attached hydrogen (secondary N) is 1. The Labute approximate surface area is 160 Å². The number of thiophene rings is 1. The van der Waals surface area contributed by atoms with E-state index in [9.17, 15) is 9.59 Å². The second-order valence-electron chi connectivity index (χ2n) is 5.73. The van der Waals surface area contributed by atoms with Gasteiger partial charge in [0, 0.05) is 12.7 Å². The van der Waals surface area contributed by atoms with Gasteiger partial charge in [0.15, 0.2) is 0 Å². The Morgan fingerprint density at radius 2 is 2.15 bits per heavy atom. The Kier molecular flexibility index (Phi) is 5.66. The van der Waals surface area contributed by atoms with Crippen molar-refractivity contribution in [2.24, 2.45) is 0 Å². The number of ether oxygens (including phenoxy) is 1. The van der Waals surface area contributed by atoms with Crippen molar-refractivity contribution in [2.45, 2.75) is 27.3 Å². The van der Waals surface area contributed by atoms with Crippen LogP contribution in [0.2, 0.25) is 0 Å². The fourth-order valence-corrected chi connectivity index (χ4v) is 3.33. The van der Waals surface area contributed by atoms with E-state index < -0.39 is 5.97 Å². The number of pyridine rings is 1. The van der Waals surface area contributed by atoms with Crippen LogP contribution in [0.3, 0.4) is 0 Å². The highest BCUT2D eigenvalue weighted by Crippen LogP contribution is 2.31. The summed E-state index contributed by atoms with van der Waals surface area (Å²) in [5, 5.41) is 9.41. The topological polar surface area (TPSA) is 86.1 Å². The van der Waals surface area contributed by atoms with Crippen LogP contribution in [0.1, 0.15) is 29.8 Å². The van der Waals surface area contributed by atoms with Crippen molar-refractivity contribution in [3.8, 4) is 10.6 Å². The quantitative estimate of drug-likeness (QED) is 0.653. The number of carbonyl (C=O) groups is 1. The number of aryl methyl sites for hydroxylation is 2. The highest BCUT2D eigenvalue weighted by atomic mass is 32.1. The lowest BCUT2D eigenvalue weighted by Crippen LogP contribution is -2.29. The average Bonchev–Trinajstić information content (AvgIpc) is 3.19. The third-order valence-electron chi connectivity index (χ3n) is 3.99. The zero-order chi connectivity index (χ0) is 19.4. The Morgan fingerprint density at radius 1 is 1.33 bits per heavy atom. The SMILES string of the molecule is CCOC(=O)c1c(-c2cccs2)nn(CC)c(=O)c1Nc1cnccc1C. The summed E-state index contributed by atoms with van der Waals surface area (Å²) in [6.07, 6.45) is 3.28. The van der Waals surface area contributed by atoms with Gasteiger partial charge in [0.1, 0.15) is 16.9 Å². The predicted molar refractivity (Wildman–Crippen MR) is 106 cm³/mol. The zero-order valence-corrected chi connectivity index (χ0v) is 16.2. The summed E-state index contributed by atoms with van der Waals surface area (Å²) in [7, 11) is 0. The van der Waals surface area contributed by atoms with Crippen LogP contribution in [0.15, 0.2) is 40.8 Å². The Balaban J connectivity index is 2.28. The van der Waals surface area contributed by atoms with Crippen LogP contribution in [0.5, 0.6) is 0 Å². The summed E-state index contributed by atoms with van der Waals surface area (Å²) in [5.74, 6) is -0.585. The minimum absolute atomic E-state index is 0.136. The Morgan fingerprint density at radius 3 is 2.78 bits per heavy atom. The van der Waals surface area contributed by atoms with Gasteiger partial charge in [-0.1, -0.05) is 6.07 Å². The van der Waals surface area contributed by atoms with E-state index in [0.29, 0.717) is 17.9 Å². The summed E-state index contributed by atoms with van der Waals surface area (Å²) >= 11 is 1.44. The van der Waals surface area contributed by atoms with E-state index in [2.05, 4.69) is 15.4 Å². The Bertz CT molecular complexity index is 1010. The second-order valence-corrected chi connectivity index (χ2v) is 6.68. The highest BCUT2D eigenvalue weighted by Gasteiger charge is 2.26. The van der Waals surface area contributed by atoms with E-state index in [4.69, 9.17) is 4.74 Å². The van der Waals surface area contributed by atoms with Gasteiger partial charge >= 0.3 is 5.97 Å².